The van der Waals surface area contributed by atoms with E-state index in [9.17, 15) is 23.3 Å². The highest BCUT2D eigenvalue weighted by molar-refractivity contribution is 9.10. The largest absolute Gasteiger partial charge is 0.278 e. The molecule has 0 atom stereocenters. The Bertz CT molecular complexity index is 1310. The van der Waals surface area contributed by atoms with Gasteiger partial charge in [0.2, 0.25) is 10.0 Å². The van der Waals surface area contributed by atoms with E-state index in [-0.39, 0.29) is 22.7 Å². The Labute approximate surface area is 205 Å². The summed E-state index contributed by atoms with van der Waals surface area (Å²) in [6.07, 6.45) is 1.14. The Kier molecular flexibility index (Phi) is 8.26. The first-order chi connectivity index (χ1) is 16.2. The Balaban J connectivity index is 1.80. The third kappa shape index (κ3) is 6.56. The molecule has 0 aromatic heterocycles. The van der Waals surface area contributed by atoms with E-state index in [0.29, 0.717) is 5.56 Å². The van der Waals surface area contributed by atoms with E-state index in [4.69, 9.17) is 0 Å². The molecule has 1 amide bonds. The van der Waals surface area contributed by atoms with Crippen LogP contribution in [0.15, 0.2) is 87.3 Å². The van der Waals surface area contributed by atoms with Gasteiger partial charge in [-0.05, 0) is 42.8 Å². The Morgan fingerprint density at radius 3 is 2.38 bits per heavy atom. The van der Waals surface area contributed by atoms with Crippen LogP contribution in [-0.2, 0) is 21.4 Å². The fourth-order valence-electron chi connectivity index (χ4n) is 3.01. The van der Waals surface area contributed by atoms with Crippen molar-refractivity contribution in [3.63, 3.8) is 0 Å². The van der Waals surface area contributed by atoms with Crippen LogP contribution in [0, 0.1) is 17.0 Å². The van der Waals surface area contributed by atoms with E-state index in [1.165, 1.54) is 30.3 Å². The highest BCUT2D eigenvalue weighted by Crippen LogP contribution is 2.20. The van der Waals surface area contributed by atoms with Crippen molar-refractivity contribution in [2.24, 2.45) is 5.10 Å². The summed E-state index contributed by atoms with van der Waals surface area (Å²) >= 11 is 3.34. The molecule has 11 heteroatoms. The minimum absolute atomic E-state index is 0.0369. The maximum atomic E-state index is 13.3. The first-order valence-corrected chi connectivity index (χ1v) is 12.3. The number of carbonyl (C=O) groups is 1. The number of hydrogen-bond donors (Lipinski definition) is 1. The molecule has 3 aromatic rings. The summed E-state index contributed by atoms with van der Waals surface area (Å²) in [5, 5.41) is 14.9. The van der Waals surface area contributed by atoms with Gasteiger partial charge in [0, 0.05) is 17.1 Å². The number of nitro groups is 1. The molecule has 0 spiro atoms. The predicted octanol–water partition coefficient (Wildman–Crippen LogP) is 4.01. The second kappa shape index (κ2) is 11.1. The maximum absolute atomic E-state index is 13.3. The number of carbonyl (C=O) groups excluding carboxylic acids is 1. The van der Waals surface area contributed by atoms with Gasteiger partial charge in [-0.15, -0.1) is 0 Å². The fourth-order valence-corrected chi connectivity index (χ4v) is 4.66. The lowest BCUT2D eigenvalue weighted by Gasteiger charge is -2.21. The molecule has 0 radical (unpaired) electrons. The third-order valence-electron chi connectivity index (χ3n) is 4.78. The van der Waals surface area contributed by atoms with Crippen molar-refractivity contribution in [2.45, 2.75) is 18.4 Å². The van der Waals surface area contributed by atoms with Crippen LogP contribution < -0.4 is 5.43 Å². The number of rotatable bonds is 9. The van der Waals surface area contributed by atoms with Gasteiger partial charge in [-0.25, -0.2) is 13.8 Å². The Morgan fingerprint density at radius 2 is 1.74 bits per heavy atom. The second-order valence-corrected chi connectivity index (χ2v) is 10.2. The molecule has 176 valence electrons. The van der Waals surface area contributed by atoms with Crippen LogP contribution in [0.1, 0.15) is 16.7 Å². The second-order valence-electron chi connectivity index (χ2n) is 7.32. The van der Waals surface area contributed by atoms with Crippen LogP contribution in [0.2, 0.25) is 0 Å². The lowest BCUT2D eigenvalue weighted by molar-refractivity contribution is -0.385. The van der Waals surface area contributed by atoms with Gasteiger partial charge < -0.3 is 0 Å². The fraction of sp³-hybridized carbons (Fsp3) is 0.130. The van der Waals surface area contributed by atoms with Crippen LogP contribution in [0.25, 0.3) is 0 Å². The standard InChI is InChI=1S/C23H21BrN4O5S/c1-17-6-12-21(13-7-17)34(32,33)27(15-18-8-10-20(24)11-9-18)16-23(29)26-25-14-19-4-2-3-5-22(19)28(30)31/h2-14H,15-16H2,1H3,(H,26,29)/b25-14-. The minimum Gasteiger partial charge on any atom is -0.272 e. The van der Waals surface area contributed by atoms with Crippen LogP contribution in [0.3, 0.4) is 0 Å². The summed E-state index contributed by atoms with van der Waals surface area (Å²) in [7, 11) is -4.00. The van der Waals surface area contributed by atoms with Crippen molar-refractivity contribution in [1.82, 2.24) is 9.73 Å². The highest BCUT2D eigenvalue weighted by Gasteiger charge is 2.27. The minimum atomic E-state index is -4.00. The van der Waals surface area contributed by atoms with Crippen molar-refractivity contribution in [2.75, 3.05) is 6.54 Å². The number of nitro benzene ring substituents is 1. The van der Waals surface area contributed by atoms with E-state index >= 15 is 0 Å². The maximum Gasteiger partial charge on any atom is 0.278 e. The molecule has 9 nitrogen and oxygen atoms in total. The molecule has 0 unspecified atom stereocenters. The number of halogens is 1. The zero-order valence-electron chi connectivity index (χ0n) is 18.1. The van der Waals surface area contributed by atoms with Gasteiger partial charge >= 0.3 is 0 Å². The number of nitrogens with one attached hydrogen (secondary N) is 1. The van der Waals surface area contributed by atoms with E-state index in [1.807, 2.05) is 6.92 Å². The summed E-state index contributed by atoms with van der Waals surface area (Å²) in [4.78, 5) is 23.2. The third-order valence-corrected chi connectivity index (χ3v) is 7.11. The van der Waals surface area contributed by atoms with Crippen molar-refractivity contribution >= 4 is 43.8 Å². The molecular weight excluding hydrogens is 524 g/mol. The van der Waals surface area contributed by atoms with Crippen molar-refractivity contribution in [1.29, 1.82) is 0 Å². The molecule has 0 heterocycles. The summed E-state index contributed by atoms with van der Waals surface area (Å²) in [6.45, 7) is 1.31. The number of para-hydroxylation sites is 1. The molecule has 0 fully saturated rings. The lowest BCUT2D eigenvalue weighted by atomic mass is 10.2. The van der Waals surface area contributed by atoms with Crippen LogP contribution >= 0.6 is 15.9 Å². The number of nitrogens with zero attached hydrogens (tertiary/aromatic N) is 3. The van der Waals surface area contributed by atoms with E-state index in [1.54, 1.807) is 42.5 Å². The molecule has 0 aliphatic rings. The van der Waals surface area contributed by atoms with Crippen molar-refractivity contribution in [3.8, 4) is 0 Å². The molecule has 0 aliphatic heterocycles. The first kappa shape index (κ1) is 25.2. The van der Waals surface area contributed by atoms with E-state index in [0.717, 1.165) is 20.6 Å². The van der Waals surface area contributed by atoms with Gasteiger partial charge in [0.15, 0.2) is 0 Å². The molecule has 0 bridgehead atoms. The SMILES string of the molecule is Cc1ccc(S(=O)(=O)N(CC(=O)N/N=C\c2ccccc2[N+](=O)[O-])Cc2ccc(Br)cc2)cc1. The van der Waals surface area contributed by atoms with E-state index in [2.05, 4.69) is 26.5 Å². The van der Waals surface area contributed by atoms with Crippen LogP contribution in [0.5, 0.6) is 0 Å². The quantitative estimate of drug-likeness (QED) is 0.247. The number of sulfonamides is 1. The van der Waals surface area contributed by atoms with Gasteiger partial charge in [-0.1, -0.05) is 57.9 Å². The molecule has 3 rings (SSSR count). The predicted molar refractivity (Wildman–Crippen MR) is 132 cm³/mol. The molecule has 34 heavy (non-hydrogen) atoms. The number of amides is 1. The number of hydrogen-bond acceptors (Lipinski definition) is 6. The van der Waals surface area contributed by atoms with Crippen molar-refractivity contribution in [3.05, 3.63) is 104 Å². The normalized spacial score (nSPS) is 11.6. The van der Waals surface area contributed by atoms with Gasteiger partial charge in [-0.3, -0.25) is 14.9 Å². The average molecular weight is 545 g/mol. The number of aryl methyl sites for hydroxylation is 1. The zero-order chi connectivity index (χ0) is 24.7. The lowest BCUT2D eigenvalue weighted by Crippen LogP contribution is -2.39. The first-order valence-electron chi connectivity index (χ1n) is 10.0. The van der Waals surface area contributed by atoms with Crippen molar-refractivity contribution < 1.29 is 18.1 Å². The summed E-state index contributed by atoms with van der Waals surface area (Å²) in [6, 6.07) is 19.3. The van der Waals surface area contributed by atoms with Crippen LogP contribution in [-0.4, -0.2) is 36.3 Å². The molecule has 3 aromatic carbocycles. The van der Waals surface area contributed by atoms with Gasteiger partial charge in [0.05, 0.1) is 28.1 Å². The average Bonchev–Trinajstić information content (AvgIpc) is 2.80. The molecule has 0 saturated carbocycles. The Hall–Kier alpha value is -3.41. The molecule has 0 saturated heterocycles. The molecule has 0 aliphatic carbocycles. The smallest absolute Gasteiger partial charge is 0.272 e. The molecule has 1 N–H and O–H groups in total. The van der Waals surface area contributed by atoms with Gasteiger partial charge in [-0.2, -0.15) is 9.41 Å². The highest BCUT2D eigenvalue weighted by atomic mass is 79.9. The zero-order valence-corrected chi connectivity index (χ0v) is 20.5. The monoisotopic (exact) mass is 544 g/mol. The summed E-state index contributed by atoms with van der Waals surface area (Å²) in [5.74, 6) is -0.692. The Morgan fingerprint density at radius 1 is 1.09 bits per heavy atom. The number of benzene rings is 3. The van der Waals surface area contributed by atoms with Gasteiger partial charge in [0.25, 0.3) is 11.6 Å². The molecular formula is C23H21BrN4O5S. The number of hydrazone groups is 1. The summed E-state index contributed by atoms with van der Waals surface area (Å²) in [5.41, 5.74) is 3.88. The summed E-state index contributed by atoms with van der Waals surface area (Å²) < 4.78 is 28.5. The van der Waals surface area contributed by atoms with Crippen LogP contribution in [0.4, 0.5) is 5.69 Å². The topological polar surface area (TPSA) is 122 Å². The van der Waals surface area contributed by atoms with Gasteiger partial charge in [0.1, 0.15) is 0 Å². The van der Waals surface area contributed by atoms with E-state index < -0.39 is 27.4 Å².